The second kappa shape index (κ2) is 10.5. The van der Waals surface area contributed by atoms with Crippen LogP contribution in [0.4, 0.5) is 4.79 Å². The molecule has 0 saturated heterocycles. The number of ether oxygens (including phenoxy) is 3. The van der Waals surface area contributed by atoms with Crippen molar-refractivity contribution in [2.24, 2.45) is 5.92 Å². The molecule has 0 aliphatic carbocycles. The first kappa shape index (κ1) is 24.0. The first-order chi connectivity index (χ1) is 13.1. The molecule has 0 radical (unpaired) electrons. The van der Waals surface area contributed by atoms with Crippen molar-refractivity contribution in [1.29, 1.82) is 0 Å². The molecule has 0 amide bonds. The lowest BCUT2D eigenvalue weighted by Gasteiger charge is -2.23. The lowest BCUT2D eigenvalue weighted by molar-refractivity contribution is 0.0817. The number of hydrogen-bond acceptors (Lipinski definition) is 6. The highest BCUT2D eigenvalue weighted by Gasteiger charge is 2.26. The molecule has 1 aromatic rings. The second-order valence-corrected chi connectivity index (χ2v) is 8.35. The number of aryl methyl sites for hydroxylation is 1. The molecule has 1 aromatic carbocycles. The first-order valence-electron chi connectivity index (χ1n) is 9.13. The van der Waals surface area contributed by atoms with Gasteiger partial charge in [0.25, 0.3) is 0 Å². The molecule has 0 fully saturated rings. The Morgan fingerprint density at radius 2 is 1.86 bits per heavy atom. The molecule has 8 heteroatoms. The van der Waals surface area contributed by atoms with E-state index in [2.05, 4.69) is 9.46 Å². The fourth-order valence-electron chi connectivity index (χ4n) is 2.86. The van der Waals surface area contributed by atoms with Crippen LogP contribution in [0.1, 0.15) is 37.0 Å². The van der Waals surface area contributed by atoms with E-state index in [0.29, 0.717) is 16.9 Å². The van der Waals surface area contributed by atoms with Crippen LogP contribution in [0.25, 0.3) is 0 Å². The topological polar surface area (TPSA) is 90.9 Å². The van der Waals surface area contributed by atoms with Crippen LogP contribution >= 0.6 is 0 Å². The van der Waals surface area contributed by atoms with E-state index in [-0.39, 0.29) is 17.4 Å². The van der Waals surface area contributed by atoms with E-state index in [4.69, 9.17) is 9.47 Å². The highest BCUT2D eigenvalue weighted by Crippen LogP contribution is 2.30. The van der Waals surface area contributed by atoms with Crippen LogP contribution in [0.3, 0.4) is 0 Å². The molecule has 0 saturated carbocycles. The lowest BCUT2D eigenvalue weighted by Crippen LogP contribution is -2.38. The van der Waals surface area contributed by atoms with E-state index in [9.17, 15) is 13.2 Å². The molecule has 1 rings (SSSR count). The highest BCUT2D eigenvalue weighted by atomic mass is 32.2. The van der Waals surface area contributed by atoms with Crippen LogP contribution < -0.4 is 9.46 Å². The van der Waals surface area contributed by atoms with Gasteiger partial charge in [-0.3, -0.25) is 0 Å². The van der Waals surface area contributed by atoms with Gasteiger partial charge in [0.15, 0.2) is 0 Å². The average molecular weight is 414 g/mol. The Bertz CT molecular complexity index is 816. The summed E-state index contributed by atoms with van der Waals surface area (Å²) < 4.78 is 43.6. The Morgan fingerprint density at radius 1 is 1.21 bits per heavy atom. The van der Waals surface area contributed by atoms with Crippen molar-refractivity contribution >= 4 is 16.2 Å². The molecule has 0 bridgehead atoms. The molecule has 0 spiro atoms. The number of benzene rings is 1. The minimum atomic E-state index is -3.77. The van der Waals surface area contributed by atoms with Crippen LogP contribution in [0, 0.1) is 26.7 Å². The Hall–Kier alpha value is -2.06. The van der Waals surface area contributed by atoms with E-state index in [1.807, 2.05) is 20.8 Å². The number of methoxy groups -OCH3 is 2. The van der Waals surface area contributed by atoms with E-state index in [1.54, 1.807) is 39.2 Å². The van der Waals surface area contributed by atoms with Gasteiger partial charge in [0.2, 0.25) is 10.0 Å². The third kappa shape index (κ3) is 5.97. The molecular formula is C20H31NO6S. The molecule has 1 N–H and O–H groups in total. The fourth-order valence-corrected chi connectivity index (χ4v) is 4.69. The summed E-state index contributed by atoms with van der Waals surface area (Å²) in [4.78, 5) is 11.3. The van der Waals surface area contributed by atoms with Gasteiger partial charge in [0.05, 0.1) is 19.1 Å². The smallest absolute Gasteiger partial charge is 0.496 e. The minimum absolute atomic E-state index is 0.00103. The van der Waals surface area contributed by atoms with Crippen LogP contribution in [0.2, 0.25) is 0 Å². The van der Waals surface area contributed by atoms with Gasteiger partial charge in [-0.1, -0.05) is 26.3 Å². The zero-order valence-corrected chi connectivity index (χ0v) is 18.5. The predicted molar refractivity (Wildman–Crippen MR) is 108 cm³/mol. The number of carbonyl (C=O) groups is 1. The van der Waals surface area contributed by atoms with Gasteiger partial charge in [-0.25, -0.2) is 17.9 Å². The Balaban J connectivity index is 3.16. The fraction of sp³-hybridized carbons (Fsp3) is 0.550. The van der Waals surface area contributed by atoms with Gasteiger partial charge < -0.3 is 14.2 Å². The van der Waals surface area contributed by atoms with Crippen molar-refractivity contribution in [2.75, 3.05) is 20.8 Å². The number of sulfonamides is 1. The molecule has 7 nitrogen and oxygen atoms in total. The van der Waals surface area contributed by atoms with Crippen molar-refractivity contribution in [1.82, 2.24) is 4.72 Å². The van der Waals surface area contributed by atoms with Crippen LogP contribution in [0.5, 0.6) is 5.75 Å². The number of rotatable bonds is 9. The summed E-state index contributed by atoms with van der Waals surface area (Å²) in [6.45, 7) is 9.31. The quantitative estimate of drug-likeness (QED) is 0.491. The van der Waals surface area contributed by atoms with Gasteiger partial charge in [0, 0.05) is 6.04 Å². The molecule has 0 aliphatic rings. The lowest BCUT2D eigenvalue weighted by atomic mass is 10.00. The molecule has 2 atom stereocenters. The summed E-state index contributed by atoms with van der Waals surface area (Å²) in [6, 6.07) is 1.28. The van der Waals surface area contributed by atoms with Gasteiger partial charge in [0.1, 0.15) is 12.4 Å². The maximum absolute atomic E-state index is 13.2. The van der Waals surface area contributed by atoms with Crippen LogP contribution in [-0.4, -0.2) is 41.4 Å². The SMILES string of the molecule is CCC(C)C(/C=C/COC(=O)OC)NS(=O)(=O)c1c(C)cc(OC)c(C)c1C. The largest absolute Gasteiger partial charge is 0.508 e. The van der Waals surface area contributed by atoms with Crippen LogP contribution in [-0.2, 0) is 19.5 Å². The molecular weight excluding hydrogens is 382 g/mol. The molecule has 0 aromatic heterocycles. The van der Waals surface area contributed by atoms with Gasteiger partial charge in [-0.05, 0) is 55.5 Å². The number of nitrogens with one attached hydrogen (secondary N) is 1. The molecule has 0 heterocycles. The Labute approximate surface area is 168 Å². The monoisotopic (exact) mass is 413 g/mol. The van der Waals surface area contributed by atoms with Gasteiger partial charge in [-0.2, -0.15) is 0 Å². The summed E-state index contributed by atoms with van der Waals surface area (Å²) in [5.41, 5.74) is 2.06. The van der Waals surface area contributed by atoms with Gasteiger partial charge in [-0.15, -0.1) is 0 Å². The van der Waals surface area contributed by atoms with Crippen molar-refractivity contribution < 1.29 is 27.4 Å². The van der Waals surface area contributed by atoms with Crippen molar-refractivity contribution in [3.8, 4) is 5.75 Å². The maximum Gasteiger partial charge on any atom is 0.508 e. The molecule has 158 valence electrons. The summed E-state index contributed by atoms with van der Waals surface area (Å²) in [5.74, 6) is 0.705. The normalized spacial score (nSPS) is 14.0. The highest BCUT2D eigenvalue weighted by molar-refractivity contribution is 7.89. The third-order valence-corrected chi connectivity index (χ3v) is 6.57. The summed E-state index contributed by atoms with van der Waals surface area (Å²) in [7, 11) is -0.982. The van der Waals surface area contributed by atoms with Crippen LogP contribution in [0.15, 0.2) is 23.1 Å². The van der Waals surface area contributed by atoms with E-state index < -0.39 is 22.2 Å². The predicted octanol–water partition coefficient (Wildman–Crippen LogP) is 3.65. The van der Waals surface area contributed by atoms with Crippen molar-refractivity contribution in [2.45, 2.75) is 52.0 Å². The van der Waals surface area contributed by atoms with Crippen molar-refractivity contribution in [3.63, 3.8) is 0 Å². The third-order valence-electron chi connectivity index (χ3n) is 4.82. The van der Waals surface area contributed by atoms with E-state index in [0.717, 1.165) is 12.0 Å². The van der Waals surface area contributed by atoms with Gasteiger partial charge >= 0.3 is 6.16 Å². The second-order valence-electron chi connectivity index (χ2n) is 6.70. The first-order valence-corrected chi connectivity index (χ1v) is 10.6. The zero-order valence-electron chi connectivity index (χ0n) is 17.7. The molecule has 28 heavy (non-hydrogen) atoms. The number of carbonyl (C=O) groups excluding carboxylic acids is 1. The zero-order chi connectivity index (χ0) is 21.5. The van der Waals surface area contributed by atoms with Crippen molar-refractivity contribution in [3.05, 3.63) is 34.9 Å². The summed E-state index contributed by atoms with van der Waals surface area (Å²) in [6.07, 6.45) is 3.30. The summed E-state index contributed by atoms with van der Waals surface area (Å²) >= 11 is 0. The van der Waals surface area contributed by atoms with E-state index >= 15 is 0 Å². The molecule has 2 unspecified atom stereocenters. The Morgan fingerprint density at radius 3 is 2.39 bits per heavy atom. The minimum Gasteiger partial charge on any atom is -0.496 e. The number of hydrogen-bond donors (Lipinski definition) is 1. The van der Waals surface area contributed by atoms with E-state index in [1.165, 1.54) is 7.11 Å². The maximum atomic E-state index is 13.2. The Kier molecular flexibility index (Phi) is 8.97. The summed E-state index contributed by atoms with van der Waals surface area (Å²) in [5, 5.41) is 0. The standard InChI is InChI=1S/C20H31NO6S/c1-8-13(2)17(10-9-11-27-20(22)26-7)21-28(23,24)19-14(3)12-18(25-6)15(4)16(19)5/h9-10,12-13,17,21H,8,11H2,1-7H3/b10-9+. The average Bonchev–Trinajstić information content (AvgIpc) is 2.65. The molecule has 0 aliphatic heterocycles.